The number of hydrogen-bond acceptors (Lipinski definition) is 5. The number of ketones is 1. The number of hydrogen-bond donors (Lipinski definition) is 2. The van der Waals surface area contributed by atoms with Crippen molar-refractivity contribution in [2.45, 2.75) is 19.9 Å². The number of rotatable bonds is 4. The van der Waals surface area contributed by atoms with Crippen molar-refractivity contribution in [3.05, 3.63) is 94.1 Å². The van der Waals surface area contributed by atoms with Crippen LogP contribution in [0, 0.1) is 25.5 Å². The zero-order valence-corrected chi connectivity index (χ0v) is 18.6. The third kappa shape index (κ3) is 3.77. The summed E-state index contributed by atoms with van der Waals surface area (Å²) >= 11 is 0. The molecule has 1 atom stereocenters. The Morgan fingerprint density at radius 1 is 0.971 bits per heavy atom. The average Bonchev–Trinajstić information content (AvgIpc) is 3.07. The van der Waals surface area contributed by atoms with E-state index in [0.29, 0.717) is 28.0 Å². The molecule has 1 amide bonds. The molecule has 2 N–H and O–H groups in total. The van der Waals surface area contributed by atoms with Gasteiger partial charge >= 0.3 is 0 Å². The number of benzene rings is 3. The molecule has 8 heteroatoms. The summed E-state index contributed by atoms with van der Waals surface area (Å²) in [5, 5.41) is 21.3. The van der Waals surface area contributed by atoms with Gasteiger partial charge in [0.05, 0.1) is 18.7 Å². The number of nitrogens with zero attached hydrogens (tertiary/aromatic N) is 1. The van der Waals surface area contributed by atoms with E-state index in [9.17, 15) is 28.6 Å². The monoisotopic (exact) mass is 465 g/mol. The predicted molar refractivity (Wildman–Crippen MR) is 122 cm³/mol. The second-order valence-corrected chi connectivity index (χ2v) is 8.00. The Morgan fingerprint density at radius 3 is 2.35 bits per heavy atom. The fourth-order valence-corrected chi connectivity index (χ4v) is 4.15. The second kappa shape index (κ2) is 8.62. The molecule has 0 bridgehead atoms. The van der Waals surface area contributed by atoms with Gasteiger partial charge in [0.25, 0.3) is 11.7 Å². The number of phenols is 1. The minimum atomic E-state index is -1.20. The van der Waals surface area contributed by atoms with Gasteiger partial charge in [-0.05, 0) is 66.9 Å². The van der Waals surface area contributed by atoms with Crippen molar-refractivity contribution in [3.8, 4) is 11.5 Å². The Bertz CT molecular complexity index is 1370. The fraction of sp³-hybridized carbons (Fsp3) is 0.154. The van der Waals surface area contributed by atoms with Crippen molar-refractivity contribution in [2.75, 3.05) is 12.0 Å². The number of phenolic OH excluding ortho intramolecular Hbond substituents is 1. The first-order valence-corrected chi connectivity index (χ1v) is 10.3. The van der Waals surface area contributed by atoms with Gasteiger partial charge in [0, 0.05) is 17.3 Å². The van der Waals surface area contributed by atoms with Crippen LogP contribution in [0.3, 0.4) is 0 Å². The highest BCUT2D eigenvalue weighted by molar-refractivity contribution is 6.51. The van der Waals surface area contributed by atoms with Gasteiger partial charge < -0.3 is 14.9 Å². The number of amides is 1. The Kier molecular flexibility index (Phi) is 5.83. The van der Waals surface area contributed by atoms with Gasteiger partial charge in [-0.3, -0.25) is 14.5 Å². The lowest BCUT2D eigenvalue weighted by atomic mass is 9.93. The van der Waals surface area contributed by atoms with Crippen LogP contribution in [-0.4, -0.2) is 29.0 Å². The van der Waals surface area contributed by atoms with E-state index in [4.69, 9.17) is 4.74 Å². The van der Waals surface area contributed by atoms with Crippen molar-refractivity contribution in [2.24, 2.45) is 0 Å². The van der Waals surface area contributed by atoms with Gasteiger partial charge in [-0.1, -0.05) is 12.1 Å². The molecule has 1 fully saturated rings. The summed E-state index contributed by atoms with van der Waals surface area (Å²) < 4.78 is 32.9. The molecule has 1 aliphatic heterocycles. The van der Waals surface area contributed by atoms with Crippen LogP contribution in [0.1, 0.15) is 28.3 Å². The molecule has 34 heavy (non-hydrogen) atoms. The van der Waals surface area contributed by atoms with Crippen LogP contribution >= 0.6 is 0 Å². The molecule has 1 aliphatic rings. The molecule has 0 radical (unpaired) electrons. The molecule has 3 aromatic carbocycles. The Balaban J connectivity index is 1.99. The van der Waals surface area contributed by atoms with Crippen LogP contribution in [0.15, 0.2) is 60.2 Å². The SMILES string of the molecule is COc1cc(C)c(/C(O)=C2\C(=O)C(=O)N(c3ccc(F)c(F)c3)C2c2cccc(O)c2)cc1C. The number of ether oxygens (including phenoxy) is 1. The Labute approximate surface area is 194 Å². The summed E-state index contributed by atoms with van der Waals surface area (Å²) in [7, 11) is 1.51. The van der Waals surface area contributed by atoms with E-state index in [2.05, 4.69) is 0 Å². The summed E-state index contributed by atoms with van der Waals surface area (Å²) in [4.78, 5) is 27.3. The van der Waals surface area contributed by atoms with Crippen molar-refractivity contribution < 1.29 is 33.3 Å². The first-order chi connectivity index (χ1) is 16.1. The molecule has 0 aliphatic carbocycles. The number of Topliss-reactive ketones (excluding diaryl/α,β-unsaturated/α-hetero) is 1. The smallest absolute Gasteiger partial charge is 0.300 e. The molecule has 6 nitrogen and oxygen atoms in total. The van der Waals surface area contributed by atoms with Crippen LogP contribution < -0.4 is 9.64 Å². The minimum Gasteiger partial charge on any atom is -0.508 e. The summed E-state index contributed by atoms with van der Waals surface area (Å²) in [5.41, 5.74) is 1.58. The summed E-state index contributed by atoms with van der Waals surface area (Å²) in [6.07, 6.45) is 0. The first-order valence-electron chi connectivity index (χ1n) is 10.3. The van der Waals surface area contributed by atoms with Gasteiger partial charge in [0.1, 0.15) is 17.3 Å². The number of carbonyl (C=O) groups is 2. The lowest BCUT2D eigenvalue weighted by Gasteiger charge is -2.26. The molecule has 0 aromatic heterocycles. The van der Waals surface area contributed by atoms with Gasteiger partial charge in [-0.25, -0.2) is 8.78 Å². The van der Waals surface area contributed by atoms with Crippen molar-refractivity contribution in [1.82, 2.24) is 0 Å². The van der Waals surface area contributed by atoms with Crippen LogP contribution in [0.5, 0.6) is 11.5 Å². The molecule has 0 spiro atoms. The van der Waals surface area contributed by atoms with Crippen molar-refractivity contribution >= 4 is 23.1 Å². The number of aromatic hydroxyl groups is 1. The van der Waals surface area contributed by atoms with Crippen LogP contribution in [0.2, 0.25) is 0 Å². The van der Waals surface area contributed by atoms with Crippen molar-refractivity contribution in [3.63, 3.8) is 0 Å². The van der Waals surface area contributed by atoms with Crippen LogP contribution in [0.4, 0.5) is 14.5 Å². The van der Waals surface area contributed by atoms with E-state index in [0.717, 1.165) is 17.0 Å². The largest absolute Gasteiger partial charge is 0.508 e. The number of methoxy groups -OCH3 is 1. The second-order valence-electron chi connectivity index (χ2n) is 8.00. The average molecular weight is 465 g/mol. The number of aryl methyl sites for hydroxylation is 2. The maximum absolute atomic E-state index is 14.0. The van der Waals surface area contributed by atoms with Gasteiger partial charge in [-0.2, -0.15) is 0 Å². The third-order valence-electron chi connectivity index (χ3n) is 5.81. The Morgan fingerprint density at radius 2 is 1.71 bits per heavy atom. The number of halogens is 2. The molecular weight excluding hydrogens is 444 g/mol. The first kappa shape index (κ1) is 23.0. The Hall–Kier alpha value is -4.20. The molecule has 1 heterocycles. The maximum atomic E-state index is 14.0. The lowest BCUT2D eigenvalue weighted by Crippen LogP contribution is -2.29. The maximum Gasteiger partial charge on any atom is 0.300 e. The highest BCUT2D eigenvalue weighted by Crippen LogP contribution is 2.43. The van der Waals surface area contributed by atoms with Gasteiger partial charge in [-0.15, -0.1) is 0 Å². The summed E-state index contributed by atoms with van der Waals surface area (Å²) in [5.74, 6) is -4.31. The third-order valence-corrected chi connectivity index (χ3v) is 5.81. The van der Waals surface area contributed by atoms with Crippen molar-refractivity contribution in [1.29, 1.82) is 0 Å². The summed E-state index contributed by atoms with van der Waals surface area (Å²) in [6, 6.07) is 10.8. The molecule has 3 aromatic rings. The molecule has 174 valence electrons. The molecule has 1 saturated heterocycles. The lowest BCUT2D eigenvalue weighted by molar-refractivity contribution is -0.132. The highest BCUT2D eigenvalue weighted by atomic mass is 19.2. The standard InChI is InChI=1S/C26H21F2NO5/c1-13-10-21(34-3)14(2)9-18(13)24(31)22-23(15-5-4-6-17(30)11-15)29(26(33)25(22)32)16-7-8-19(27)20(28)12-16/h4-12,23,30-31H,1-3H3/b24-22+. The summed E-state index contributed by atoms with van der Waals surface area (Å²) in [6.45, 7) is 3.48. The van der Waals surface area contributed by atoms with Crippen LogP contribution in [-0.2, 0) is 9.59 Å². The van der Waals surface area contributed by atoms with E-state index in [1.165, 1.54) is 31.4 Å². The zero-order valence-electron chi connectivity index (χ0n) is 18.6. The number of carbonyl (C=O) groups excluding carboxylic acids is 2. The highest BCUT2D eigenvalue weighted by Gasteiger charge is 2.47. The quantitative estimate of drug-likeness (QED) is 0.324. The normalized spacial score (nSPS) is 17.3. The predicted octanol–water partition coefficient (Wildman–Crippen LogP) is 4.92. The zero-order chi connectivity index (χ0) is 24.7. The van der Waals surface area contributed by atoms with Crippen LogP contribution in [0.25, 0.3) is 5.76 Å². The number of anilines is 1. The molecule has 4 rings (SSSR count). The van der Waals surface area contributed by atoms with Gasteiger partial charge in [0.2, 0.25) is 0 Å². The number of aliphatic hydroxyl groups is 1. The van der Waals surface area contributed by atoms with E-state index >= 15 is 0 Å². The minimum absolute atomic E-state index is 0.0731. The molecule has 1 unspecified atom stereocenters. The van der Waals surface area contributed by atoms with E-state index in [-0.39, 0.29) is 17.0 Å². The van der Waals surface area contributed by atoms with E-state index < -0.39 is 35.1 Å². The molecule has 0 saturated carbocycles. The van der Waals surface area contributed by atoms with E-state index in [1.54, 1.807) is 32.0 Å². The van der Waals surface area contributed by atoms with Gasteiger partial charge in [0.15, 0.2) is 11.6 Å². The fourth-order valence-electron chi connectivity index (χ4n) is 4.15. The molecular formula is C26H21F2NO5. The topological polar surface area (TPSA) is 87.1 Å². The van der Waals surface area contributed by atoms with E-state index in [1.807, 2.05) is 0 Å². The number of aliphatic hydroxyl groups excluding tert-OH is 1.